The average Bonchev–Trinajstić information content (AvgIpc) is 2.81. The molecular weight excluding hydrogens is 450 g/mol. The molecule has 32 heavy (non-hydrogen) atoms. The number of piperidine rings is 1. The van der Waals surface area contributed by atoms with Gasteiger partial charge in [0.05, 0.1) is 17.8 Å². The summed E-state index contributed by atoms with van der Waals surface area (Å²) < 4.78 is 5.13. The molecule has 0 radical (unpaired) electrons. The topological polar surface area (TPSA) is 79.0 Å². The molecule has 0 aliphatic carbocycles. The molecule has 4 rings (SSSR count). The maximum Gasteiger partial charge on any atom is 0.250 e. The van der Waals surface area contributed by atoms with E-state index in [2.05, 4.69) is 5.32 Å². The number of rotatable bonds is 5. The number of carbonyl (C=O) groups is 3. The molecule has 1 N–H and O–H groups in total. The summed E-state index contributed by atoms with van der Waals surface area (Å²) in [6, 6.07) is 12.3. The largest absolute Gasteiger partial charge is 0.495 e. The third-order valence-corrected chi connectivity index (χ3v) is 7.05. The number of para-hydroxylation sites is 1. The van der Waals surface area contributed by atoms with Crippen molar-refractivity contribution < 1.29 is 19.1 Å². The molecule has 1 fully saturated rings. The number of ether oxygens (including phenoxy) is 1. The Kier molecular flexibility index (Phi) is 6.91. The number of anilines is 2. The summed E-state index contributed by atoms with van der Waals surface area (Å²) in [5.74, 6) is -0.430. The van der Waals surface area contributed by atoms with Crippen LogP contribution in [0, 0.1) is 0 Å². The zero-order valence-electron chi connectivity index (χ0n) is 17.7. The van der Waals surface area contributed by atoms with Gasteiger partial charge in [0, 0.05) is 23.7 Å². The Morgan fingerprint density at radius 2 is 1.91 bits per heavy atom. The van der Waals surface area contributed by atoms with Crippen LogP contribution in [-0.4, -0.2) is 54.6 Å². The third kappa shape index (κ3) is 4.71. The van der Waals surface area contributed by atoms with Gasteiger partial charge in [-0.3, -0.25) is 14.4 Å². The number of methoxy groups -OCH3 is 1. The number of carbonyl (C=O) groups excluding carboxylic acids is 3. The Morgan fingerprint density at radius 1 is 1.16 bits per heavy atom. The average molecular weight is 474 g/mol. The van der Waals surface area contributed by atoms with Crippen molar-refractivity contribution in [2.24, 2.45) is 0 Å². The SMILES string of the molecule is COc1ccc(NC(=O)CN2C(=O)[C@@H](C(=O)N3CCCCC3)Sc3ccccc32)cc1Cl. The van der Waals surface area contributed by atoms with E-state index in [0.717, 1.165) is 24.2 Å². The van der Waals surface area contributed by atoms with Crippen LogP contribution in [0.25, 0.3) is 0 Å². The highest BCUT2D eigenvalue weighted by Crippen LogP contribution is 2.40. The number of nitrogens with zero attached hydrogens (tertiary/aromatic N) is 2. The van der Waals surface area contributed by atoms with Crippen molar-refractivity contribution in [1.29, 1.82) is 0 Å². The van der Waals surface area contributed by atoms with Crippen molar-refractivity contribution in [3.05, 3.63) is 47.5 Å². The fourth-order valence-electron chi connectivity index (χ4n) is 3.90. The van der Waals surface area contributed by atoms with Gasteiger partial charge in [-0.15, -0.1) is 11.8 Å². The van der Waals surface area contributed by atoms with Crippen LogP contribution >= 0.6 is 23.4 Å². The van der Waals surface area contributed by atoms with E-state index in [0.29, 0.717) is 35.2 Å². The zero-order valence-corrected chi connectivity index (χ0v) is 19.2. The Morgan fingerprint density at radius 3 is 2.62 bits per heavy atom. The van der Waals surface area contributed by atoms with Gasteiger partial charge in [0.1, 0.15) is 12.3 Å². The summed E-state index contributed by atoms with van der Waals surface area (Å²) in [7, 11) is 1.51. The van der Waals surface area contributed by atoms with Gasteiger partial charge in [0.2, 0.25) is 11.8 Å². The lowest BCUT2D eigenvalue weighted by Crippen LogP contribution is -2.52. The van der Waals surface area contributed by atoms with Crippen LogP contribution in [0.4, 0.5) is 11.4 Å². The fourth-order valence-corrected chi connectivity index (χ4v) is 5.35. The van der Waals surface area contributed by atoms with Gasteiger partial charge in [0.15, 0.2) is 5.25 Å². The van der Waals surface area contributed by atoms with Gasteiger partial charge in [0.25, 0.3) is 5.91 Å². The van der Waals surface area contributed by atoms with Gasteiger partial charge >= 0.3 is 0 Å². The number of hydrogen-bond acceptors (Lipinski definition) is 5. The molecule has 2 heterocycles. The van der Waals surface area contributed by atoms with Crippen molar-refractivity contribution in [1.82, 2.24) is 4.90 Å². The molecule has 0 spiro atoms. The van der Waals surface area contributed by atoms with E-state index in [1.165, 1.54) is 23.8 Å². The lowest BCUT2D eigenvalue weighted by molar-refractivity contribution is -0.135. The minimum atomic E-state index is -0.883. The Hall–Kier alpha value is -2.71. The second-order valence-corrected chi connectivity index (χ2v) is 9.23. The molecule has 0 aromatic heterocycles. The number of likely N-dealkylation sites (tertiary alicyclic amines) is 1. The maximum absolute atomic E-state index is 13.3. The minimum Gasteiger partial charge on any atom is -0.495 e. The minimum absolute atomic E-state index is 0.179. The number of nitrogens with one attached hydrogen (secondary N) is 1. The van der Waals surface area contributed by atoms with Crippen LogP contribution in [0.3, 0.4) is 0 Å². The van der Waals surface area contributed by atoms with Crippen LogP contribution in [-0.2, 0) is 14.4 Å². The summed E-state index contributed by atoms with van der Waals surface area (Å²) in [6.45, 7) is 1.14. The van der Waals surface area contributed by atoms with Gasteiger partial charge < -0.3 is 19.9 Å². The first-order valence-corrected chi connectivity index (χ1v) is 11.7. The fraction of sp³-hybridized carbons (Fsp3) is 0.348. The number of hydrogen-bond donors (Lipinski definition) is 1. The highest BCUT2D eigenvalue weighted by Gasteiger charge is 2.41. The molecule has 7 nitrogen and oxygen atoms in total. The molecule has 2 aliphatic heterocycles. The molecule has 3 amide bonds. The maximum atomic E-state index is 13.3. The summed E-state index contributed by atoms with van der Waals surface area (Å²) in [5, 5.41) is 2.25. The number of halogens is 1. The van der Waals surface area contributed by atoms with Gasteiger partial charge in [-0.05, 0) is 49.6 Å². The first-order chi connectivity index (χ1) is 15.5. The smallest absolute Gasteiger partial charge is 0.250 e. The quantitative estimate of drug-likeness (QED) is 0.668. The third-order valence-electron chi connectivity index (χ3n) is 5.52. The van der Waals surface area contributed by atoms with Gasteiger partial charge in [-0.2, -0.15) is 0 Å². The van der Waals surface area contributed by atoms with E-state index in [1.54, 1.807) is 29.2 Å². The van der Waals surface area contributed by atoms with Crippen LogP contribution in [0.1, 0.15) is 19.3 Å². The number of benzene rings is 2. The molecule has 9 heteroatoms. The first kappa shape index (κ1) is 22.5. The van der Waals surface area contributed by atoms with Crippen LogP contribution in [0.5, 0.6) is 5.75 Å². The highest BCUT2D eigenvalue weighted by atomic mass is 35.5. The van der Waals surface area contributed by atoms with E-state index in [9.17, 15) is 14.4 Å². The normalized spacial score (nSPS) is 18.2. The van der Waals surface area contributed by atoms with Crippen LogP contribution < -0.4 is 15.0 Å². The Labute approximate surface area is 196 Å². The molecule has 168 valence electrons. The molecule has 2 aromatic rings. The van der Waals surface area contributed by atoms with E-state index in [4.69, 9.17) is 16.3 Å². The summed E-state index contributed by atoms with van der Waals surface area (Å²) in [4.78, 5) is 43.2. The monoisotopic (exact) mass is 473 g/mol. The second kappa shape index (κ2) is 9.83. The predicted molar refractivity (Wildman–Crippen MR) is 126 cm³/mol. The van der Waals surface area contributed by atoms with E-state index in [1.807, 2.05) is 18.2 Å². The molecule has 0 bridgehead atoms. The molecule has 0 unspecified atom stereocenters. The first-order valence-electron chi connectivity index (χ1n) is 10.5. The van der Waals surface area contributed by atoms with Crippen molar-refractivity contribution in [3.8, 4) is 5.75 Å². The van der Waals surface area contributed by atoms with Crippen LogP contribution in [0.15, 0.2) is 47.4 Å². The summed E-state index contributed by atoms with van der Waals surface area (Å²) in [5.41, 5.74) is 1.13. The second-order valence-electron chi connectivity index (χ2n) is 7.67. The summed E-state index contributed by atoms with van der Waals surface area (Å²) >= 11 is 7.40. The predicted octanol–water partition coefficient (Wildman–Crippen LogP) is 3.81. The Bertz CT molecular complexity index is 1040. The van der Waals surface area contributed by atoms with Gasteiger partial charge in [-0.25, -0.2) is 0 Å². The molecular formula is C23H24ClN3O4S. The number of fused-ring (bicyclic) bond motifs is 1. The lowest BCUT2D eigenvalue weighted by atomic mass is 10.1. The molecule has 0 saturated carbocycles. The van der Waals surface area contributed by atoms with E-state index >= 15 is 0 Å². The van der Waals surface area contributed by atoms with Crippen LogP contribution in [0.2, 0.25) is 5.02 Å². The Balaban J connectivity index is 1.53. The van der Waals surface area contributed by atoms with Gasteiger partial charge in [-0.1, -0.05) is 23.7 Å². The number of amides is 3. The molecule has 2 aromatic carbocycles. The van der Waals surface area contributed by atoms with Crippen molar-refractivity contribution in [3.63, 3.8) is 0 Å². The summed E-state index contributed by atoms with van der Waals surface area (Å²) in [6.07, 6.45) is 2.99. The standard InChI is InChI=1S/C23H24ClN3O4S/c1-31-18-10-9-15(13-16(18)24)25-20(28)14-27-17-7-3-4-8-19(17)32-21(23(27)30)22(29)26-11-5-2-6-12-26/h3-4,7-10,13,21H,2,5-6,11-12,14H2,1H3,(H,25,28)/t21-/m1/s1. The zero-order chi connectivity index (χ0) is 22.7. The molecule has 1 atom stereocenters. The van der Waals surface area contributed by atoms with Crippen molar-refractivity contribution >= 4 is 52.5 Å². The molecule has 1 saturated heterocycles. The molecule has 2 aliphatic rings. The van der Waals surface area contributed by atoms with Crippen molar-refractivity contribution in [2.75, 3.05) is 37.0 Å². The van der Waals surface area contributed by atoms with Crippen molar-refractivity contribution in [2.45, 2.75) is 29.4 Å². The number of thioether (sulfide) groups is 1. The van der Waals surface area contributed by atoms with E-state index < -0.39 is 5.25 Å². The van der Waals surface area contributed by atoms with E-state index in [-0.39, 0.29) is 24.3 Å². The highest BCUT2D eigenvalue weighted by molar-refractivity contribution is 8.01. The lowest BCUT2D eigenvalue weighted by Gasteiger charge is -2.36.